The summed E-state index contributed by atoms with van der Waals surface area (Å²) in [5.74, 6) is 0.479. The summed E-state index contributed by atoms with van der Waals surface area (Å²) in [5, 5.41) is 2.91. The third kappa shape index (κ3) is 3.93. The number of alkyl carbamates (subject to hydrolysis) is 1. The summed E-state index contributed by atoms with van der Waals surface area (Å²) in [5.41, 5.74) is 2.75. The summed E-state index contributed by atoms with van der Waals surface area (Å²) in [6.45, 7) is 7.05. The SMILES string of the molecule is CC(=O)N1c2ccc(-c3cc(C=O)co3)cc2C(NC(=O)OC(C)C)C[C@H]1C. The number of hydrogen-bond donors (Lipinski definition) is 1. The molecule has 2 amide bonds. The minimum absolute atomic E-state index is 0.0639. The molecule has 1 N–H and O–H groups in total. The highest BCUT2D eigenvalue weighted by atomic mass is 16.6. The fourth-order valence-electron chi connectivity index (χ4n) is 3.59. The zero-order valence-electron chi connectivity index (χ0n) is 16.4. The molecule has 1 aromatic heterocycles. The molecule has 2 aromatic rings. The third-order valence-corrected chi connectivity index (χ3v) is 4.69. The van der Waals surface area contributed by atoms with E-state index in [0.717, 1.165) is 23.1 Å². The number of amides is 2. The van der Waals surface area contributed by atoms with E-state index in [1.165, 1.54) is 13.2 Å². The van der Waals surface area contributed by atoms with Crippen LogP contribution in [0.25, 0.3) is 11.3 Å². The van der Waals surface area contributed by atoms with E-state index in [9.17, 15) is 14.4 Å². The molecule has 7 heteroatoms. The molecule has 0 fully saturated rings. The largest absolute Gasteiger partial charge is 0.464 e. The molecule has 0 aliphatic carbocycles. The van der Waals surface area contributed by atoms with E-state index >= 15 is 0 Å². The minimum atomic E-state index is -0.499. The van der Waals surface area contributed by atoms with E-state index < -0.39 is 6.09 Å². The van der Waals surface area contributed by atoms with Crippen molar-refractivity contribution < 1.29 is 23.5 Å². The van der Waals surface area contributed by atoms with Crippen molar-refractivity contribution in [1.29, 1.82) is 0 Å². The normalized spacial score (nSPS) is 18.5. The minimum Gasteiger partial charge on any atom is -0.464 e. The smallest absolute Gasteiger partial charge is 0.407 e. The van der Waals surface area contributed by atoms with Crippen LogP contribution in [-0.4, -0.2) is 30.4 Å². The molecule has 0 radical (unpaired) electrons. The average molecular weight is 384 g/mol. The van der Waals surface area contributed by atoms with Crippen LogP contribution >= 0.6 is 0 Å². The first-order chi connectivity index (χ1) is 13.3. The Kier molecular flexibility index (Phi) is 5.53. The predicted molar refractivity (Wildman–Crippen MR) is 104 cm³/mol. The van der Waals surface area contributed by atoms with Crippen LogP contribution in [0.4, 0.5) is 10.5 Å². The summed E-state index contributed by atoms with van der Waals surface area (Å²) in [4.78, 5) is 37.0. The number of benzene rings is 1. The van der Waals surface area contributed by atoms with Crippen LogP contribution in [0.5, 0.6) is 0 Å². The number of carbonyl (C=O) groups excluding carboxylic acids is 3. The topological polar surface area (TPSA) is 88.9 Å². The molecule has 28 heavy (non-hydrogen) atoms. The Balaban J connectivity index is 2.01. The average Bonchev–Trinajstić information content (AvgIpc) is 3.09. The number of rotatable bonds is 4. The van der Waals surface area contributed by atoms with Gasteiger partial charge in [0.2, 0.25) is 5.91 Å². The second kappa shape index (κ2) is 7.88. The zero-order valence-corrected chi connectivity index (χ0v) is 16.4. The monoisotopic (exact) mass is 384 g/mol. The van der Waals surface area contributed by atoms with Crippen LogP contribution in [0.2, 0.25) is 0 Å². The molecule has 148 valence electrons. The summed E-state index contributed by atoms with van der Waals surface area (Å²) in [6.07, 6.45) is 1.94. The van der Waals surface area contributed by atoms with Crippen molar-refractivity contribution >= 4 is 24.0 Å². The van der Waals surface area contributed by atoms with Gasteiger partial charge in [-0.25, -0.2) is 4.79 Å². The molecule has 0 saturated heterocycles. The number of fused-ring (bicyclic) bond motifs is 1. The van der Waals surface area contributed by atoms with E-state index in [2.05, 4.69) is 5.32 Å². The van der Waals surface area contributed by atoms with Gasteiger partial charge in [0.15, 0.2) is 6.29 Å². The molecular formula is C21H24N2O5. The Labute approximate surface area is 163 Å². The van der Waals surface area contributed by atoms with E-state index in [1.54, 1.807) is 24.8 Å². The predicted octanol–water partition coefficient (Wildman–Crippen LogP) is 4.08. The van der Waals surface area contributed by atoms with Gasteiger partial charge in [-0.05, 0) is 57.0 Å². The van der Waals surface area contributed by atoms with Gasteiger partial charge in [-0.15, -0.1) is 0 Å². The van der Waals surface area contributed by atoms with Gasteiger partial charge in [0.25, 0.3) is 0 Å². The second-order valence-electron chi connectivity index (χ2n) is 7.26. The number of anilines is 1. The number of nitrogens with one attached hydrogen (secondary N) is 1. The fourth-order valence-corrected chi connectivity index (χ4v) is 3.59. The van der Waals surface area contributed by atoms with Crippen molar-refractivity contribution in [1.82, 2.24) is 5.32 Å². The van der Waals surface area contributed by atoms with Gasteiger partial charge in [-0.3, -0.25) is 9.59 Å². The third-order valence-electron chi connectivity index (χ3n) is 4.69. The quantitative estimate of drug-likeness (QED) is 0.803. The van der Waals surface area contributed by atoms with Gasteiger partial charge in [0, 0.05) is 24.2 Å². The first-order valence-electron chi connectivity index (χ1n) is 9.25. The molecule has 2 atom stereocenters. The highest BCUT2D eigenvalue weighted by molar-refractivity contribution is 5.94. The number of ether oxygens (including phenoxy) is 1. The summed E-state index contributed by atoms with van der Waals surface area (Å²) >= 11 is 0. The van der Waals surface area contributed by atoms with Gasteiger partial charge in [0.05, 0.1) is 17.7 Å². The highest BCUT2D eigenvalue weighted by Crippen LogP contribution is 2.39. The highest BCUT2D eigenvalue weighted by Gasteiger charge is 2.34. The van der Waals surface area contributed by atoms with Crippen molar-refractivity contribution in [2.45, 2.75) is 52.3 Å². The summed E-state index contributed by atoms with van der Waals surface area (Å²) in [7, 11) is 0. The Hall–Kier alpha value is -3.09. The van der Waals surface area contributed by atoms with Crippen LogP contribution in [0.3, 0.4) is 0 Å². The maximum Gasteiger partial charge on any atom is 0.407 e. The fraction of sp³-hybridized carbons (Fsp3) is 0.381. The van der Waals surface area contributed by atoms with Crippen molar-refractivity contribution in [2.75, 3.05) is 4.90 Å². The van der Waals surface area contributed by atoms with E-state index in [1.807, 2.05) is 25.1 Å². The lowest BCUT2D eigenvalue weighted by atomic mass is 9.90. The van der Waals surface area contributed by atoms with E-state index in [0.29, 0.717) is 17.7 Å². The second-order valence-corrected chi connectivity index (χ2v) is 7.26. The summed E-state index contributed by atoms with van der Waals surface area (Å²) in [6, 6.07) is 6.82. The maximum atomic E-state index is 12.2. The molecule has 1 unspecified atom stereocenters. The molecule has 1 aromatic carbocycles. The number of nitrogens with zero attached hydrogens (tertiary/aromatic N) is 1. The number of aldehydes is 1. The Morgan fingerprint density at radius 1 is 1.32 bits per heavy atom. The molecule has 7 nitrogen and oxygen atoms in total. The van der Waals surface area contributed by atoms with Gasteiger partial charge in [-0.2, -0.15) is 0 Å². The Bertz CT molecular complexity index is 902. The zero-order chi connectivity index (χ0) is 20.4. The molecule has 0 spiro atoms. The Morgan fingerprint density at radius 3 is 2.68 bits per heavy atom. The van der Waals surface area contributed by atoms with Crippen molar-refractivity contribution in [3.8, 4) is 11.3 Å². The molecule has 3 rings (SSSR count). The van der Waals surface area contributed by atoms with Crippen molar-refractivity contribution in [3.05, 3.63) is 41.7 Å². The van der Waals surface area contributed by atoms with Gasteiger partial charge in [-0.1, -0.05) is 0 Å². The lowest BCUT2D eigenvalue weighted by Crippen LogP contribution is -2.45. The van der Waals surface area contributed by atoms with Gasteiger partial charge in [0.1, 0.15) is 12.0 Å². The first-order valence-corrected chi connectivity index (χ1v) is 9.25. The molecular weight excluding hydrogens is 360 g/mol. The molecule has 0 saturated carbocycles. The molecule has 2 heterocycles. The van der Waals surface area contributed by atoms with Crippen molar-refractivity contribution in [3.63, 3.8) is 0 Å². The standard InChI is InChI=1S/C21H24N2O5/c1-12(2)28-21(26)22-18-7-13(3)23(14(4)25)19-6-5-16(9-17(18)19)20-8-15(10-24)11-27-20/h5-6,8-13,18H,7H2,1-4H3,(H,22,26)/t13-,18?/m1/s1. The Morgan fingerprint density at radius 2 is 2.07 bits per heavy atom. The lowest BCUT2D eigenvalue weighted by molar-refractivity contribution is -0.117. The van der Waals surface area contributed by atoms with Crippen LogP contribution < -0.4 is 10.2 Å². The molecule has 1 aliphatic rings. The summed E-state index contributed by atoms with van der Waals surface area (Å²) < 4.78 is 10.7. The van der Waals surface area contributed by atoms with Crippen LogP contribution in [0.1, 0.15) is 56.1 Å². The lowest BCUT2D eigenvalue weighted by Gasteiger charge is -2.39. The maximum absolute atomic E-state index is 12.2. The van der Waals surface area contributed by atoms with Crippen LogP contribution in [0, 0.1) is 0 Å². The van der Waals surface area contributed by atoms with E-state index in [4.69, 9.17) is 9.15 Å². The van der Waals surface area contributed by atoms with Crippen molar-refractivity contribution in [2.24, 2.45) is 0 Å². The number of hydrogen-bond acceptors (Lipinski definition) is 5. The molecule has 0 bridgehead atoms. The van der Waals surface area contributed by atoms with E-state index in [-0.39, 0.29) is 24.1 Å². The van der Waals surface area contributed by atoms with Crippen LogP contribution in [0.15, 0.2) is 34.9 Å². The first kappa shape index (κ1) is 19.7. The van der Waals surface area contributed by atoms with Gasteiger partial charge >= 0.3 is 6.09 Å². The molecule has 1 aliphatic heterocycles. The van der Waals surface area contributed by atoms with Gasteiger partial charge < -0.3 is 19.4 Å². The number of carbonyl (C=O) groups is 3. The van der Waals surface area contributed by atoms with Crippen LogP contribution in [-0.2, 0) is 9.53 Å². The number of furan rings is 1.